The third kappa shape index (κ3) is 4.47. The van der Waals surface area contributed by atoms with Crippen molar-refractivity contribution in [1.29, 1.82) is 0 Å². The maximum absolute atomic E-state index is 13.1. The van der Waals surface area contributed by atoms with E-state index in [-0.39, 0.29) is 5.56 Å². The first kappa shape index (κ1) is 16.8. The van der Waals surface area contributed by atoms with Gasteiger partial charge in [0, 0.05) is 22.3 Å². The number of halogens is 3. The van der Waals surface area contributed by atoms with Crippen LogP contribution in [-0.2, 0) is 4.79 Å². The average molecular weight is 336 g/mol. The van der Waals surface area contributed by atoms with Crippen LogP contribution in [0.3, 0.4) is 0 Å². The summed E-state index contributed by atoms with van der Waals surface area (Å²) in [4.78, 5) is 23.6. The smallest absolute Gasteiger partial charge is 0.248 e. The molecule has 0 atom stereocenters. The van der Waals surface area contributed by atoms with Crippen LogP contribution < -0.4 is 5.32 Å². The number of carbonyl (C=O) groups excluding carboxylic acids is 2. The van der Waals surface area contributed by atoms with E-state index in [4.69, 9.17) is 11.6 Å². The van der Waals surface area contributed by atoms with E-state index >= 15 is 0 Å². The zero-order chi connectivity index (χ0) is 17.0. The molecule has 0 unspecified atom stereocenters. The maximum Gasteiger partial charge on any atom is 0.248 e. The minimum absolute atomic E-state index is 0.0457. The van der Waals surface area contributed by atoms with Crippen molar-refractivity contribution in [1.82, 2.24) is 0 Å². The molecule has 0 saturated heterocycles. The number of anilines is 1. The van der Waals surface area contributed by atoms with Crippen molar-refractivity contribution in [2.45, 2.75) is 6.92 Å². The monoisotopic (exact) mass is 335 g/mol. The molecule has 0 aromatic heterocycles. The fourth-order valence-corrected chi connectivity index (χ4v) is 2.07. The first-order valence-corrected chi connectivity index (χ1v) is 6.99. The molecule has 1 amide bonds. The van der Waals surface area contributed by atoms with Gasteiger partial charge in [0.05, 0.1) is 0 Å². The Bertz CT molecular complexity index is 803. The molecule has 0 fully saturated rings. The first-order chi connectivity index (χ1) is 10.9. The van der Waals surface area contributed by atoms with Crippen molar-refractivity contribution in [3.8, 4) is 0 Å². The van der Waals surface area contributed by atoms with Gasteiger partial charge in [-0.3, -0.25) is 9.59 Å². The predicted octanol–water partition coefficient (Wildman–Crippen LogP) is 4.30. The number of rotatable bonds is 4. The van der Waals surface area contributed by atoms with E-state index in [0.29, 0.717) is 10.7 Å². The summed E-state index contributed by atoms with van der Waals surface area (Å²) in [5.41, 5.74) is 1.28. The van der Waals surface area contributed by atoms with Crippen LogP contribution in [0.15, 0.2) is 48.6 Å². The molecule has 0 bridgehead atoms. The minimum atomic E-state index is -1.12. The molecule has 3 nitrogen and oxygen atoms in total. The molecule has 2 aromatic rings. The summed E-state index contributed by atoms with van der Waals surface area (Å²) in [6.07, 6.45) is 2.02. The summed E-state index contributed by atoms with van der Waals surface area (Å²) < 4.78 is 25.9. The predicted molar refractivity (Wildman–Crippen MR) is 84.6 cm³/mol. The highest BCUT2D eigenvalue weighted by molar-refractivity contribution is 6.30. The van der Waals surface area contributed by atoms with Crippen molar-refractivity contribution in [3.05, 3.63) is 76.3 Å². The van der Waals surface area contributed by atoms with E-state index in [1.165, 1.54) is 0 Å². The van der Waals surface area contributed by atoms with Crippen molar-refractivity contribution in [2.75, 3.05) is 5.32 Å². The highest BCUT2D eigenvalue weighted by Gasteiger charge is 2.08. The van der Waals surface area contributed by atoms with Crippen LogP contribution in [0.2, 0.25) is 5.02 Å². The number of aryl methyl sites for hydroxylation is 1. The highest BCUT2D eigenvalue weighted by Crippen LogP contribution is 2.19. The van der Waals surface area contributed by atoms with Crippen LogP contribution in [0.4, 0.5) is 14.5 Å². The summed E-state index contributed by atoms with van der Waals surface area (Å²) in [6, 6.07) is 7.73. The SMILES string of the molecule is Cc1cc(Cl)ccc1NC(=O)/C=C/C(=O)c1ccc(F)c(F)c1. The summed E-state index contributed by atoms with van der Waals surface area (Å²) >= 11 is 5.82. The molecule has 118 valence electrons. The minimum Gasteiger partial charge on any atom is -0.322 e. The normalized spacial score (nSPS) is 10.8. The molecule has 0 aliphatic rings. The fraction of sp³-hybridized carbons (Fsp3) is 0.0588. The Balaban J connectivity index is 2.05. The topological polar surface area (TPSA) is 46.2 Å². The number of benzene rings is 2. The highest BCUT2D eigenvalue weighted by atomic mass is 35.5. The van der Waals surface area contributed by atoms with Gasteiger partial charge in [-0.25, -0.2) is 8.78 Å². The van der Waals surface area contributed by atoms with Gasteiger partial charge in [0.15, 0.2) is 17.4 Å². The molecule has 23 heavy (non-hydrogen) atoms. The molecule has 0 saturated carbocycles. The maximum atomic E-state index is 13.1. The molecule has 0 heterocycles. The third-order valence-electron chi connectivity index (χ3n) is 3.04. The van der Waals surface area contributed by atoms with Crippen molar-refractivity contribution >= 4 is 29.0 Å². The van der Waals surface area contributed by atoms with Gasteiger partial charge in [0.1, 0.15) is 0 Å². The van der Waals surface area contributed by atoms with E-state index in [1.54, 1.807) is 25.1 Å². The Kier molecular flexibility index (Phi) is 5.24. The zero-order valence-corrected chi connectivity index (χ0v) is 12.8. The lowest BCUT2D eigenvalue weighted by atomic mass is 10.1. The van der Waals surface area contributed by atoms with E-state index in [2.05, 4.69) is 5.32 Å². The number of amides is 1. The largest absolute Gasteiger partial charge is 0.322 e. The van der Waals surface area contributed by atoms with Gasteiger partial charge in [0.25, 0.3) is 0 Å². The molecule has 1 N–H and O–H groups in total. The van der Waals surface area contributed by atoms with Crippen LogP contribution in [0.5, 0.6) is 0 Å². The van der Waals surface area contributed by atoms with Gasteiger partial charge >= 0.3 is 0 Å². The molecular formula is C17H12ClF2NO2. The molecule has 0 aliphatic carbocycles. The van der Waals surface area contributed by atoms with Gasteiger partial charge in [-0.05, 0) is 55.0 Å². The summed E-state index contributed by atoms with van der Waals surface area (Å²) in [7, 11) is 0. The molecule has 6 heteroatoms. The summed E-state index contributed by atoms with van der Waals surface area (Å²) in [6.45, 7) is 1.78. The number of allylic oxidation sites excluding steroid dienone is 1. The number of nitrogens with one attached hydrogen (secondary N) is 1. The van der Waals surface area contributed by atoms with Gasteiger partial charge in [0.2, 0.25) is 5.91 Å². The van der Waals surface area contributed by atoms with Gasteiger partial charge in [-0.15, -0.1) is 0 Å². The Hall–Kier alpha value is -2.53. The quantitative estimate of drug-likeness (QED) is 0.668. The van der Waals surface area contributed by atoms with E-state index in [0.717, 1.165) is 35.9 Å². The first-order valence-electron chi connectivity index (χ1n) is 6.61. The van der Waals surface area contributed by atoms with Gasteiger partial charge < -0.3 is 5.32 Å². The Morgan fingerprint density at radius 1 is 1.04 bits per heavy atom. The van der Waals surface area contributed by atoms with E-state index < -0.39 is 23.3 Å². The Labute approximate surface area is 136 Å². The number of carbonyl (C=O) groups is 2. The second kappa shape index (κ2) is 7.15. The molecule has 2 rings (SSSR count). The van der Waals surface area contributed by atoms with Crippen LogP contribution >= 0.6 is 11.6 Å². The summed E-state index contributed by atoms with van der Waals surface area (Å²) in [5, 5.41) is 3.14. The van der Waals surface area contributed by atoms with Crippen molar-refractivity contribution < 1.29 is 18.4 Å². The molecule has 0 radical (unpaired) electrons. The Morgan fingerprint density at radius 2 is 1.78 bits per heavy atom. The van der Waals surface area contributed by atoms with Crippen molar-refractivity contribution in [2.24, 2.45) is 0 Å². The number of hydrogen-bond donors (Lipinski definition) is 1. The van der Waals surface area contributed by atoms with Crippen LogP contribution in [0.1, 0.15) is 15.9 Å². The van der Waals surface area contributed by atoms with E-state index in [1.807, 2.05) is 0 Å². The number of ketones is 1. The van der Waals surface area contributed by atoms with E-state index in [9.17, 15) is 18.4 Å². The molecule has 0 spiro atoms. The van der Waals surface area contributed by atoms with Gasteiger partial charge in [-0.1, -0.05) is 11.6 Å². The second-order valence-corrected chi connectivity index (χ2v) is 5.21. The lowest BCUT2D eigenvalue weighted by molar-refractivity contribution is -0.111. The lowest BCUT2D eigenvalue weighted by Crippen LogP contribution is -2.10. The average Bonchev–Trinajstić information content (AvgIpc) is 2.50. The van der Waals surface area contributed by atoms with Crippen molar-refractivity contribution in [3.63, 3.8) is 0 Å². The van der Waals surface area contributed by atoms with Crippen LogP contribution in [0.25, 0.3) is 0 Å². The molecular weight excluding hydrogens is 324 g/mol. The lowest BCUT2D eigenvalue weighted by Gasteiger charge is -2.06. The summed E-state index contributed by atoms with van der Waals surface area (Å²) in [5.74, 6) is -3.29. The third-order valence-corrected chi connectivity index (χ3v) is 3.27. The molecule has 0 aliphatic heterocycles. The standard InChI is InChI=1S/C17H12ClF2NO2/c1-10-8-12(18)3-5-15(10)21-17(23)7-6-16(22)11-2-4-13(19)14(20)9-11/h2-9H,1H3,(H,21,23)/b7-6+. The number of hydrogen-bond acceptors (Lipinski definition) is 2. The van der Waals surface area contributed by atoms with Gasteiger partial charge in [-0.2, -0.15) is 0 Å². The second-order valence-electron chi connectivity index (χ2n) is 4.77. The van der Waals surface area contributed by atoms with Crippen LogP contribution in [0, 0.1) is 18.6 Å². The fourth-order valence-electron chi connectivity index (χ4n) is 1.84. The van der Waals surface area contributed by atoms with Crippen LogP contribution in [-0.4, -0.2) is 11.7 Å². The zero-order valence-electron chi connectivity index (χ0n) is 12.1. The Morgan fingerprint density at radius 3 is 2.43 bits per heavy atom. The molecule has 2 aromatic carbocycles.